The average Bonchev–Trinajstić information content (AvgIpc) is 3.48. The van der Waals surface area contributed by atoms with E-state index in [1.807, 2.05) is 47.6 Å². The first-order chi connectivity index (χ1) is 17.2. The zero-order chi connectivity index (χ0) is 23.4. The first-order valence-corrected chi connectivity index (χ1v) is 11.9. The number of hydrogen-bond donors (Lipinski definition) is 1. The van der Waals surface area contributed by atoms with Gasteiger partial charge < -0.3 is 24.4 Å². The molecule has 0 aliphatic carbocycles. The van der Waals surface area contributed by atoms with E-state index in [-0.39, 0.29) is 18.1 Å². The molecule has 6 heterocycles. The van der Waals surface area contributed by atoms with Crippen LogP contribution in [-0.2, 0) is 11.3 Å². The van der Waals surface area contributed by atoms with Gasteiger partial charge in [-0.1, -0.05) is 30.3 Å². The third-order valence-corrected chi connectivity index (χ3v) is 7.06. The van der Waals surface area contributed by atoms with Crippen molar-refractivity contribution in [2.45, 2.75) is 18.7 Å². The highest BCUT2D eigenvalue weighted by molar-refractivity contribution is 5.78. The number of ether oxygens (including phenoxy) is 1. The van der Waals surface area contributed by atoms with Gasteiger partial charge in [0.1, 0.15) is 17.9 Å². The second-order valence-electron chi connectivity index (χ2n) is 9.13. The summed E-state index contributed by atoms with van der Waals surface area (Å²) in [5, 5.41) is 2.91. The summed E-state index contributed by atoms with van der Waals surface area (Å²) >= 11 is 0. The molecule has 4 aromatic rings. The van der Waals surface area contributed by atoms with Crippen LogP contribution in [0.3, 0.4) is 0 Å². The van der Waals surface area contributed by atoms with Crippen LogP contribution in [0.15, 0.2) is 54.9 Å². The highest BCUT2D eigenvalue weighted by atomic mass is 16.5. The number of carbonyl (C=O) groups excluding carboxylic acids is 1. The number of urea groups is 1. The van der Waals surface area contributed by atoms with E-state index in [0.29, 0.717) is 32.3 Å². The van der Waals surface area contributed by atoms with E-state index in [1.54, 1.807) is 0 Å². The van der Waals surface area contributed by atoms with Gasteiger partial charge in [-0.3, -0.25) is 0 Å². The number of carbonyl (C=O) groups is 1. The topological polar surface area (TPSA) is 101 Å². The maximum atomic E-state index is 11.9. The summed E-state index contributed by atoms with van der Waals surface area (Å²) < 4.78 is 8.05. The van der Waals surface area contributed by atoms with Crippen LogP contribution in [0, 0.1) is 0 Å². The van der Waals surface area contributed by atoms with Gasteiger partial charge in [0.15, 0.2) is 5.65 Å². The van der Waals surface area contributed by atoms with Gasteiger partial charge in [0.25, 0.3) is 0 Å². The van der Waals surface area contributed by atoms with E-state index in [2.05, 4.69) is 36.9 Å². The Morgan fingerprint density at radius 3 is 2.71 bits per heavy atom. The summed E-state index contributed by atoms with van der Waals surface area (Å²) in [7, 11) is 0. The van der Waals surface area contributed by atoms with Gasteiger partial charge in [-0.15, -0.1) is 0 Å². The quantitative estimate of drug-likeness (QED) is 0.492. The molecular weight excluding hydrogens is 444 g/mol. The van der Waals surface area contributed by atoms with Crippen molar-refractivity contribution in [2.75, 3.05) is 37.7 Å². The molecule has 3 aliphatic rings. The van der Waals surface area contributed by atoms with Gasteiger partial charge in [-0.05, 0) is 17.7 Å². The lowest BCUT2D eigenvalue weighted by molar-refractivity contribution is 0.0677. The molecule has 35 heavy (non-hydrogen) atoms. The van der Waals surface area contributed by atoms with Gasteiger partial charge >= 0.3 is 6.03 Å². The van der Waals surface area contributed by atoms with Crippen molar-refractivity contribution in [1.29, 1.82) is 0 Å². The SMILES string of the molecule is O=C1NC[C@H]2CN(c3ncc(-c4ccc5nc6n(c5n4)C(c4ccccc4)COC6)cn3)CCN12. The van der Waals surface area contributed by atoms with Crippen LogP contribution < -0.4 is 10.2 Å². The van der Waals surface area contributed by atoms with Gasteiger partial charge in [0, 0.05) is 44.1 Å². The number of benzene rings is 1. The fourth-order valence-corrected chi connectivity index (χ4v) is 5.27. The molecule has 3 aromatic heterocycles. The molecule has 7 rings (SSSR count). The zero-order valence-corrected chi connectivity index (χ0v) is 19.0. The molecule has 176 valence electrons. The summed E-state index contributed by atoms with van der Waals surface area (Å²) in [6.45, 7) is 3.86. The maximum Gasteiger partial charge on any atom is 0.317 e. The van der Waals surface area contributed by atoms with Crippen molar-refractivity contribution in [3.05, 3.63) is 66.2 Å². The summed E-state index contributed by atoms with van der Waals surface area (Å²) in [4.78, 5) is 34.9. The van der Waals surface area contributed by atoms with Gasteiger partial charge in [0.2, 0.25) is 5.95 Å². The number of nitrogens with zero attached hydrogens (tertiary/aromatic N) is 7. The van der Waals surface area contributed by atoms with Crippen molar-refractivity contribution in [1.82, 2.24) is 34.7 Å². The number of fused-ring (bicyclic) bond motifs is 4. The van der Waals surface area contributed by atoms with Crippen LogP contribution in [0.25, 0.3) is 22.4 Å². The smallest absolute Gasteiger partial charge is 0.317 e. The Morgan fingerprint density at radius 1 is 1.00 bits per heavy atom. The Bertz CT molecular complexity index is 1400. The normalized spacial score (nSPS) is 21.7. The first-order valence-electron chi connectivity index (χ1n) is 11.9. The zero-order valence-electron chi connectivity index (χ0n) is 19.0. The predicted octanol–water partition coefficient (Wildman–Crippen LogP) is 2.22. The molecule has 2 fully saturated rings. The molecule has 2 amide bonds. The molecule has 10 heteroatoms. The van der Waals surface area contributed by atoms with Crippen LogP contribution in [0.1, 0.15) is 17.4 Å². The van der Waals surface area contributed by atoms with E-state index in [1.165, 1.54) is 5.56 Å². The Morgan fingerprint density at radius 2 is 1.86 bits per heavy atom. The maximum absolute atomic E-state index is 11.9. The van der Waals surface area contributed by atoms with Crippen LogP contribution in [0.2, 0.25) is 0 Å². The standard InChI is InChI=1S/C25H24N8O2/c34-25-28-12-18-13-31(8-9-32(18)25)24-26-10-17(11-27-24)19-6-7-20-23(30-19)33-21(14-35-15-22(33)29-20)16-4-2-1-3-5-16/h1-7,10-11,18,21H,8-9,12-15H2,(H,28,34)/t18-,21?/m0/s1. The third kappa shape index (κ3) is 3.40. The molecular formula is C25H24N8O2. The van der Waals surface area contributed by atoms with E-state index >= 15 is 0 Å². The number of anilines is 1. The predicted molar refractivity (Wildman–Crippen MR) is 129 cm³/mol. The molecule has 1 N–H and O–H groups in total. The van der Waals surface area contributed by atoms with Crippen molar-refractivity contribution >= 4 is 23.1 Å². The molecule has 0 saturated carbocycles. The molecule has 10 nitrogen and oxygen atoms in total. The highest BCUT2D eigenvalue weighted by Gasteiger charge is 2.36. The minimum absolute atomic E-state index is 0.0236. The molecule has 1 aromatic carbocycles. The molecule has 3 aliphatic heterocycles. The summed E-state index contributed by atoms with van der Waals surface area (Å²) in [5.74, 6) is 1.56. The van der Waals surface area contributed by atoms with Crippen molar-refractivity contribution in [3.63, 3.8) is 0 Å². The molecule has 2 saturated heterocycles. The Kier molecular flexibility index (Phi) is 4.66. The van der Waals surface area contributed by atoms with E-state index in [0.717, 1.165) is 41.3 Å². The third-order valence-electron chi connectivity index (χ3n) is 7.06. The highest BCUT2D eigenvalue weighted by Crippen LogP contribution is 2.31. The minimum Gasteiger partial charge on any atom is -0.371 e. The first kappa shape index (κ1) is 20.3. The lowest BCUT2D eigenvalue weighted by Gasteiger charge is -2.36. The fraction of sp³-hybridized carbons (Fsp3) is 0.320. The van der Waals surface area contributed by atoms with E-state index in [9.17, 15) is 4.79 Å². The Labute approximate surface area is 201 Å². The number of aromatic nitrogens is 5. The van der Waals surface area contributed by atoms with Crippen LogP contribution in [0.5, 0.6) is 0 Å². The monoisotopic (exact) mass is 468 g/mol. The summed E-state index contributed by atoms with van der Waals surface area (Å²) in [6.07, 6.45) is 3.65. The van der Waals surface area contributed by atoms with Gasteiger partial charge in [-0.25, -0.2) is 24.7 Å². The van der Waals surface area contributed by atoms with E-state index < -0.39 is 0 Å². The number of imidazole rings is 1. The second-order valence-corrected chi connectivity index (χ2v) is 9.13. The molecule has 0 bridgehead atoms. The minimum atomic E-state index is 0.0236. The fourth-order valence-electron chi connectivity index (χ4n) is 5.27. The molecule has 2 atom stereocenters. The number of rotatable bonds is 3. The molecule has 0 radical (unpaired) electrons. The number of nitrogens with one attached hydrogen (secondary N) is 1. The van der Waals surface area contributed by atoms with Crippen molar-refractivity contribution in [2.24, 2.45) is 0 Å². The number of pyridine rings is 1. The van der Waals surface area contributed by atoms with Crippen LogP contribution >= 0.6 is 0 Å². The van der Waals surface area contributed by atoms with Crippen molar-refractivity contribution < 1.29 is 9.53 Å². The number of hydrogen-bond acceptors (Lipinski definition) is 7. The lowest BCUT2D eigenvalue weighted by Crippen LogP contribution is -2.52. The largest absolute Gasteiger partial charge is 0.371 e. The van der Waals surface area contributed by atoms with Gasteiger partial charge in [-0.2, -0.15) is 0 Å². The number of piperazine rings is 1. The van der Waals surface area contributed by atoms with Crippen molar-refractivity contribution in [3.8, 4) is 11.3 Å². The Hall–Kier alpha value is -4.05. The van der Waals surface area contributed by atoms with Gasteiger partial charge in [0.05, 0.1) is 24.4 Å². The van der Waals surface area contributed by atoms with E-state index in [4.69, 9.17) is 14.7 Å². The van der Waals surface area contributed by atoms with Crippen LogP contribution in [-0.4, -0.2) is 74.3 Å². The van der Waals surface area contributed by atoms with Crippen LogP contribution in [0.4, 0.5) is 10.7 Å². The molecule has 1 unspecified atom stereocenters. The summed E-state index contributed by atoms with van der Waals surface area (Å²) in [5.41, 5.74) is 4.52. The average molecular weight is 469 g/mol. The Balaban J connectivity index is 1.19. The lowest BCUT2D eigenvalue weighted by atomic mass is 10.1. The molecule has 0 spiro atoms. The second kappa shape index (κ2) is 8.02. The summed E-state index contributed by atoms with van der Waals surface area (Å²) in [6, 6.07) is 14.5. The number of amides is 2.